The van der Waals surface area contributed by atoms with Gasteiger partial charge in [0.05, 0.1) is 30.8 Å². The van der Waals surface area contributed by atoms with E-state index in [1.807, 2.05) is 0 Å². The number of nitrogens with zero attached hydrogens (tertiary/aromatic N) is 2. The summed E-state index contributed by atoms with van der Waals surface area (Å²) in [6.07, 6.45) is 2.97. The van der Waals surface area contributed by atoms with Crippen molar-refractivity contribution in [1.82, 2.24) is 15.1 Å². The number of nitrogens with one attached hydrogen (secondary N) is 1. The fraction of sp³-hybridized carbons (Fsp3) is 0.312. The first-order chi connectivity index (χ1) is 11.0. The molecule has 0 bridgehead atoms. The number of rotatable bonds is 6. The van der Waals surface area contributed by atoms with Crippen LogP contribution in [0.3, 0.4) is 0 Å². The lowest BCUT2D eigenvalue weighted by atomic mass is 10.0. The van der Waals surface area contributed by atoms with Gasteiger partial charge in [-0.2, -0.15) is 5.10 Å². The van der Waals surface area contributed by atoms with Crippen LogP contribution in [0.25, 0.3) is 0 Å². The number of carbonyl (C=O) groups is 2. The Morgan fingerprint density at radius 1 is 1.35 bits per heavy atom. The van der Waals surface area contributed by atoms with Gasteiger partial charge in [0, 0.05) is 13.2 Å². The van der Waals surface area contributed by atoms with Gasteiger partial charge in [0.25, 0.3) is 5.91 Å². The summed E-state index contributed by atoms with van der Waals surface area (Å²) in [5.41, 5.74) is 1.00. The molecule has 0 saturated carbocycles. The Morgan fingerprint density at radius 3 is 2.61 bits per heavy atom. The molecular formula is C16H18FN3O3. The van der Waals surface area contributed by atoms with Crippen LogP contribution in [0, 0.1) is 5.82 Å². The quantitative estimate of drug-likeness (QED) is 0.826. The fourth-order valence-electron chi connectivity index (χ4n) is 2.11. The molecule has 1 heterocycles. The predicted octanol–water partition coefficient (Wildman–Crippen LogP) is 1.98. The van der Waals surface area contributed by atoms with E-state index in [0.29, 0.717) is 11.1 Å². The maximum absolute atomic E-state index is 13.1. The number of aromatic nitrogens is 2. The minimum Gasteiger partial charge on any atom is -0.466 e. The van der Waals surface area contributed by atoms with Crippen LogP contribution < -0.4 is 5.32 Å². The van der Waals surface area contributed by atoms with Gasteiger partial charge in [0.15, 0.2) is 0 Å². The Hall–Kier alpha value is -2.70. The van der Waals surface area contributed by atoms with Gasteiger partial charge in [-0.1, -0.05) is 12.1 Å². The molecule has 122 valence electrons. The highest BCUT2D eigenvalue weighted by molar-refractivity contribution is 5.94. The second kappa shape index (κ2) is 7.53. The first kappa shape index (κ1) is 16.7. The molecule has 1 N–H and O–H groups in total. The largest absolute Gasteiger partial charge is 0.466 e. The Balaban J connectivity index is 2.17. The third-order valence-corrected chi connectivity index (χ3v) is 3.22. The highest BCUT2D eigenvalue weighted by Gasteiger charge is 2.20. The van der Waals surface area contributed by atoms with Gasteiger partial charge < -0.3 is 10.1 Å². The summed E-state index contributed by atoms with van der Waals surface area (Å²) < 4.78 is 19.5. The maximum Gasteiger partial charge on any atom is 0.308 e. The van der Waals surface area contributed by atoms with Crippen molar-refractivity contribution < 1.29 is 18.7 Å². The number of amides is 1. The van der Waals surface area contributed by atoms with Gasteiger partial charge in [-0.05, 0) is 24.6 Å². The Kier molecular flexibility index (Phi) is 5.46. The summed E-state index contributed by atoms with van der Waals surface area (Å²) in [5.74, 6) is -1.19. The minimum atomic E-state index is -0.609. The van der Waals surface area contributed by atoms with E-state index in [9.17, 15) is 14.0 Å². The van der Waals surface area contributed by atoms with E-state index in [4.69, 9.17) is 4.74 Å². The van der Waals surface area contributed by atoms with Crippen molar-refractivity contribution >= 4 is 11.9 Å². The molecule has 0 fully saturated rings. The molecule has 0 aliphatic carbocycles. The van der Waals surface area contributed by atoms with Crippen molar-refractivity contribution in [3.63, 3.8) is 0 Å². The third-order valence-electron chi connectivity index (χ3n) is 3.22. The van der Waals surface area contributed by atoms with E-state index in [1.54, 1.807) is 20.2 Å². The third kappa shape index (κ3) is 4.64. The second-order valence-corrected chi connectivity index (χ2v) is 4.99. The zero-order valence-electron chi connectivity index (χ0n) is 13.0. The number of hydrogen-bond donors (Lipinski definition) is 1. The van der Waals surface area contributed by atoms with Crippen LogP contribution in [0.1, 0.15) is 35.3 Å². The average molecular weight is 319 g/mol. The smallest absolute Gasteiger partial charge is 0.308 e. The molecule has 1 atom stereocenters. The number of aryl methyl sites for hydroxylation is 1. The maximum atomic E-state index is 13.1. The van der Waals surface area contributed by atoms with Gasteiger partial charge in [0.2, 0.25) is 0 Å². The summed E-state index contributed by atoms with van der Waals surface area (Å²) in [7, 11) is 1.70. The highest BCUT2D eigenvalue weighted by Crippen LogP contribution is 2.19. The molecule has 1 aromatic heterocycles. The summed E-state index contributed by atoms with van der Waals surface area (Å²) >= 11 is 0. The van der Waals surface area contributed by atoms with Crippen molar-refractivity contribution in [2.45, 2.75) is 19.4 Å². The second-order valence-electron chi connectivity index (χ2n) is 4.99. The normalized spacial score (nSPS) is 11.8. The van der Waals surface area contributed by atoms with Crippen molar-refractivity contribution in [2.75, 3.05) is 6.61 Å². The molecule has 2 rings (SSSR count). The Morgan fingerprint density at radius 2 is 2.04 bits per heavy atom. The van der Waals surface area contributed by atoms with Crippen LogP contribution in [-0.4, -0.2) is 28.3 Å². The molecule has 23 heavy (non-hydrogen) atoms. The average Bonchev–Trinajstić information content (AvgIpc) is 2.94. The summed E-state index contributed by atoms with van der Waals surface area (Å²) in [6.45, 7) is 1.96. The number of ether oxygens (including phenoxy) is 1. The molecule has 0 saturated heterocycles. The van der Waals surface area contributed by atoms with Crippen LogP contribution in [0.15, 0.2) is 36.7 Å². The lowest BCUT2D eigenvalue weighted by Gasteiger charge is -2.18. The van der Waals surface area contributed by atoms with E-state index in [2.05, 4.69) is 10.4 Å². The highest BCUT2D eigenvalue weighted by atomic mass is 19.1. The lowest BCUT2D eigenvalue weighted by Crippen LogP contribution is -2.30. The van der Waals surface area contributed by atoms with Crippen molar-refractivity contribution in [3.05, 3.63) is 53.6 Å². The molecular weight excluding hydrogens is 301 g/mol. The fourth-order valence-corrected chi connectivity index (χ4v) is 2.11. The number of hydrogen-bond acceptors (Lipinski definition) is 4. The zero-order valence-corrected chi connectivity index (χ0v) is 13.0. The van der Waals surface area contributed by atoms with Crippen molar-refractivity contribution in [3.8, 4) is 0 Å². The van der Waals surface area contributed by atoms with E-state index in [0.717, 1.165) is 0 Å². The zero-order chi connectivity index (χ0) is 16.8. The minimum absolute atomic E-state index is 0.0362. The SMILES string of the molecule is CCOC(=O)CC(NC(=O)c1cnn(C)c1)c1ccc(F)cc1. The van der Waals surface area contributed by atoms with Crippen molar-refractivity contribution in [1.29, 1.82) is 0 Å². The standard InChI is InChI=1S/C16H18FN3O3/c1-3-23-15(21)8-14(11-4-6-13(17)7-5-11)19-16(22)12-9-18-20(2)10-12/h4-7,9-10,14H,3,8H2,1-2H3,(H,19,22). The monoisotopic (exact) mass is 319 g/mol. The van der Waals surface area contributed by atoms with Gasteiger partial charge in [0.1, 0.15) is 5.82 Å². The molecule has 0 radical (unpaired) electrons. The number of halogens is 1. The molecule has 1 amide bonds. The van der Waals surface area contributed by atoms with Crippen molar-refractivity contribution in [2.24, 2.45) is 7.05 Å². The summed E-state index contributed by atoms with van der Waals surface area (Å²) in [6, 6.07) is 5.02. The van der Waals surface area contributed by atoms with Crippen LogP contribution >= 0.6 is 0 Å². The summed E-state index contributed by atoms with van der Waals surface area (Å²) in [4.78, 5) is 24.0. The number of benzene rings is 1. The molecule has 0 aliphatic heterocycles. The van der Waals surface area contributed by atoms with Gasteiger partial charge >= 0.3 is 5.97 Å². The first-order valence-corrected chi connectivity index (χ1v) is 7.20. The van der Waals surface area contributed by atoms with Gasteiger partial charge in [-0.15, -0.1) is 0 Å². The Bertz CT molecular complexity index is 682. The summed E-state index contributed by atoms with van der Waals surface area (Å²) in [5, 5.41) is 6.69. The van der Waals surface area contributed by atoms with E-state index in [-0.39, 0.29) is 24.8 Å². The molecule has 0 spiro atoms. The topological polar surface area (TPSA) is 73.2 Å². The van der Waals surface area contributed by atoms with E-state index < -0.39 is 12.0 Å². The van der Waals surface area contributed by atoms with E-state index >= 15 is 0 Å². The molecule has 1 aromatic carbocycles. The van der Waals surface area contributed by atoms with E-state index in [1.165, 1.54) is 35.1 Å². The van der Waals surface area contributed by atoms with Crippen LogP contribution in [0.2, 0.25) is 0 Å². The molecule has 2 aromatic rings. The number of carbonyl (C=O) groups excluding carboxylic acids is 2. The molecule has 7 heteroatoms. The number of esters is 1. The molecule has 6 nitrogen and oxygen atoms in total. The lowest BCUT2D eigenvalue weighted by molar-refractivity contribution is -0.143. The molecule has 0 aliphatic rings. The first-order valence-electron chi connectivity index (χ1n) is 7.20. The predicted molar refractivity (Wildman–Crippen MR) is 81.1 cm³/mol. The van der Waals surface area contributed by atoms with Crippen LogP contribution in [-0.2, 0) is 16.6 Å². The van der Waals surface area contributed by atoms with Crippen LogP contribution in [0.4, 0.5) is 4.39 Å². The van der Waals surface area contributed by atoms with Gasteiger partial charge in [-0.25, -0.2) is 4.39 Å². The van der Waals surface area contributed by atoms with Gasteiger partial charge in [-0.3, -0.25) is 14.3 Å². The molecule has 1 unspecified atom stereocenters. The Labute approximate surface area is 133 Å². The van der Waals surface area contributed by atoms with Crippen LogP contribution in [0.5, 0.6) is 0 Å².